The number of piperidine rings is 1. The summed E-state index contributed by atoms with van der Waals surface area (Å²) in [4.78, 5) is 11.3. The lowest BCUT2D eigenvalue weighted by atomic mass is 9.96. The fraction of sp³-hybridized carbons (Fsp3) is 0.900. The predicted molar refractivity (Wildman–Crippen MR) is 53.0 cm³/mol. The quantitative estimate of drug-likeness (QED) is 0.521. The summed E-state index contributed by atoms with van der Waals surface area (Å²) < 4.78 is 9.79. The summed E-state index contributed by atoms with van der Waals surface area (Å²) in [7, 11) is 1.60. The van der Waals surface area contributed by atoms with Gasteiger partial charge in [-0.2, -0.15) is 0 Å². The van der Waals surface area contributed by atoms with Crippen molar-refractivity contribution in [2.75, 3.05) is 33.4 Å². The molecule has 4 nitrogen and oxygen atoms in total. The molecule has 1 atom stereocenters. The van der Waals surface area contributed by atoms with Gasteiger partial charge >= 0.3 is 5.97 Å². The van der Waals surface area contributed by atoms with Crippen molar-refractivity contribution in [2.45, 2.75) is 19.3 Å². The van der Waals surface area contributed by atoms with Crippen molar-refractivity contribution in [1.82, 2.24) is 5.32 Å². The Labute approximate surface area is 85.0 Å². The molecule has 1 aliphatic heterocycles. The first-order valence-electron chi connectivity index (χ1n) is 5.18. The van der Waals surface area contributed by atoms with Crippen molar-refractivity contribution in [2.24, 2.45) is 5.92 Å². The Morgan fingerprint density at radius 2 is 2.36 bits per heavy atom. The number of hydrogen-bond acceptors (Lipinski definition) is 4. The average molecular weight is 201 g/mol. The molecule has 1 saturated heterocycles. The van der Waals surface area contributed by atoms with Crippen LogP contribution in [0.2, 0.25) is 0 Å². The van der Waals surface area contributed by atoms with Crippen LogP contribution in [0.1, 0.15) is 19.3 Å². The van der Waals surface area contributed by atoms with Gasteiger partial charge in [0, 0.05) is 13.5 Å². The average Bonchev–Trinajstić information content (AvgIpc) is 2.20. The van der Waals surface area contributed by atoms with Crippen LogP contribution in [0.5, 0.6) is 0 Å². The highest BCUT2D eigenvalue weighted by Crippen LogP contribution is 2.14. The van der Waals surface area contributed by atoms with Gasteiger partial charge in [0.2, 0.25) is 0 Å². The Morgan fingerprint density at radius 3 is 3.00 bits per heavy atom. The molecular formula is C10H19NO3. The Kier molecular flexibility index (Phi) is 5.56. The minimum atomic E-state index is -0.101. The van der Waals surface area contributed by atoms with Crippen LogP contribution < -0.4 is 5.32 Å². The van der Waals surface area contributed by atoms with Crippen LogP contribution >= 0.6 is 0 Å². The minimum Gasteiger partial charge on any atom is -0.463 e. The standard InChI is InChI=1S/C10H19NO3/c1-13-5-6-14-10(12)7-9-3-2-4-11-8-9/h9,11H,2-8H2,1H3. The number of carbonyl (C=O) groups excluding carboxylic acids is 1. The Balaban J connectivity index is 2.06. The van der Waals surface area contributed by atoms with E-state index in [1.54, 1.807) is 7.11 Å². The van der Waals surface area contributed by atoms with Crippen molar-refractivity contribution in [3.8, 4) is 0 Å². The van der Waals surface area contributed by atoms with Crippen LogP contribution in [0.4, 0.5) is 0 Å². The van der Waals surface area contributed by atoms with Crippen molar-refractivity contribution in [3.63, 3.8) is 0 Å². The van der Waals surface area contributed by atoms with Gasteiger partial charge in [-0.15, -0.1) is 0 Å². The minimum absolute atomic E-state index is 0.101. The maximum atomic E-state index is 11.3. The van der Waals surface area contributed by atoms with Crippen molar-refractivity contribution >= 4 is 5.97 Å². The molecular weight excluding hydrogens is 182 g/mol. The molecule has 0 aromatic heterocycles. The van der Waals surface area contributed by atoms with E-state index in [-0.39, 0.29) is 5.97 Å². The monoisotopic (exact) mass is 201 g/mol. The maximum absolute atomic E-state index is 11.3. The highest BCUT2D eigenvalue weighted by molar-refractivity contribution is 5.69. The number of nitrogens with one attached hydrogen (secondary N) is 1. The van der Waals surface area contributed by atoms with Crippen LogP contribution in [-0.2, 0) is 14.3 Å². The maximum Gasteiger partial charge on any atom is 0.306 e. The van der Waals surface area contributed by atoms with Crippen LogP contribution in [0.3, 0.4) is 0 Å². The van der Waals surface area contributed by atoms with Crippen molar-refractivity contribution in [1.29, 1.82) is 0 Å². The molecule has 1 N–H and O–H groups in total. The Morgan fingerprint density at radius 1 is 1.50 bits per heavy atom. The highest BCUT2D eigenvalue weighted by Gasteiger charge is 2.17. The van der Waals surface area contributed by atoms with E-state index in [0.717, 1.165) is 25.9 Å². The van der Waals surface area contributed by atoms with E-state index in [1.165, 1.54) is 0 Å². The van der Waals surface area contributed by atoms with Gasteiger partial charge in [-0.25, -0.2) is 0 Å². The van der Waals surface area contributed by atoms with E-state index in [1.807, 2.05) is 0 Å². The summed E-state index contributed by atoms with van der Waals surface area (Å²) in [6.07, 6.45) is 2.83. The third-order valence-corrected chi connectivity index (χ3v) is 2.40. The number of rotatable bonds is 5. The molecule has 1 unspecified atom stereocenters. The fourth-order valence-electron chi connectivity index (χ4n) is 1.63. The molecule has 0 spiro atoms. The number of hydrogen-bond donors (Lipinski definition) is 1. The Bertz CT molecular complexity index is 167. The third kappa shape index (κ3) is 4.58. The normalized spacial score (nSPS) is 21.9. The molecule has 1 heterocycles. The largest absolute Gasteiger partial charge is 0.463 e. The second-order valence-corrected chi connectivity index (χ2v) is 3.63. The zero-order valence-corrected chi connectivity index (χ0v) is 8.75. The molecule has 1 fully saturated rings. The lowest BCUT2D eigenvalue weighted by molar-refractivity contribution is -0.146. The molecule has 4 heteroatoms. The molecule has 0 aliphatic carbocycles. The van der Waals surface area contributed by atoms with Crippen molar-refractivity contribution < 1.29 is 14.3 Å². The summed E-state index contributed by atoms with van der Waals surface area (Å²) in [5, 5.41) is 3.27. The van der Waals surface area contributed by atoms with E-state index >= 15 is 0 Å². The topological polar surface area (TPSA) is 47.6 Å². The zero-order chi connectivity index (χ0) is 10.2. The molecule has 0 radical (unpaired) electrons. The van der Waals surface area contributed by atoms with Crippen LogP contribution in [-0.4, -0.2) is 39.4 Å². The second-order valence-electron chi connectivity index (χ2n) is 3.63. The molecule has 0 saturated carbocycles. The van der Waals surface area contributed by atoms with Gasteiger partial charge in [0.05, 0.1) is 6.61 Å². The fourth-order valence-corrected chi connectivity index (χ4v) is 1.63. The molecule has 1 rings (SSSR count). The van der Waals surface area contributed by atoms with E-state index in [9.17, 15) is 4.79 Å². The molecule has 1 aliphatic rings. The third-order valence-electron chi connectivity index (χ3n) is 2.40. The van der Waals surface area contributed by atoms with Gasteiger partial charge in [0.1, 0.15) is 6.61 Å². The van der Waals surface area contributed by atoms with Gasteiger partial charge < -0.3 is 14.8 Å². The smallest absolute Gasteiger partial charge is 0.306 e. The van der Waals surface area contributed by atoms with Crippen molar-refractivity contribution in [3.05, 3.63) is 0 Å². The molecule has 0 bridgehead atoms. The second kappa shape index (κ2) is 6.79. The van der Waals surface area contributed by atoms with Gasteiger partial charge in [-0.3, -0.25) is 4.79 Å². The number of methoxy groups -OCH3 is 1. The molecule has 0 amide bonds. The summed E-state index contributed by atoms with van der Waals surface area (Å²) in [5.74, 6) is 0.356. The molecule has 82 valence electrons. The van der Waals surface area contributed by atoms with Crippen LogP contribution in [0.15, 0.2) is 0 Å². The lowest BCUT2D eigenvalue weighted by Gasteiger charge is -2.21. The van der Waals surface area contributed by atoms with Crippen LogP contribution in [0, 0.1) is 5.92 Å². The van der Waals surface area contributed by atoms with E-state index in [4.69, 9.17) is 9.47 Å². The number of ether oxygens (including phenoxy) is 2. The molecule has 0 aromatic rings. The lowest BCUT2D eigenvalue weighted by Crippen LogP contribution is -2.31. The number of esters is 1. The van der Waals surface area contributed by atoms with E-state index in [2.05, 4.69) is 5.32 Å². The molecule has 0 aromatic carbocycles. The van der Waals surface area contributed by atoms with Gasteiger partial charge in [-0.1, -0.05) is 0 Å². The summed E-state index contributed by atoms with van der Waals surface area (Å²) in [6, 6.07) is 0. The Hall–Kier alpha value is -0.610. The summed E-state index contributed by atoms with van der Waals surface area (Å²) in [6.45, 7) is 2.87. The van der Waals surface area contributed by atoms with Gasteiger partial charge in [0.15, 0.2) is 0 Å². The predicted octanol–water partition coefficient (Wildman–Crippen LogP) is 0.566. The first-order valence-corrected chi connectivity index (χ1v) is 5.18. The van der Waals surface area contributed by atoms with E-state index < -0.39 is 0 Å². The van der Waals surface area contributed by atoms with E-state index in [0.29, 0.717) is 25.6 Å². The van der Waals surface area contributed by atoms with Gasteiger partial charge in [-0.05, 0) is 31.8 Å². The zero-order valence-electron chi connectivity index (χ0n) is 8.75. The van der Waals surface area contributed by atoms with Crippen LogP contribution in [0.25, 0.3) is 0 Å². The summed E-state index contributed by atoms with van der Waals surface area (Å²) >= 11 is 0. The first-order chi connectivity index (χ1) is 6.83. The highest BCUT2D eigenvalue weighted by atomic mass is 16.6. The molecule has 14 heavy (non-hydrogen) atoms. The first kappa shape index (κ1) is 11.5. The van der Waals surface area contributed by atoms with Gasteiger partial charge in [0.25, 0.3) is 0 Å². The summed E-state index contributed by atoms with van der Waals surface area (Å²) in [5.41, 5.74) is 0. The number of carbonyl (C=O) groups is 1. The SMILES string of the molecule is COCCOC(=O)CC1CCCNC1.